The maximum Gasteiger partial charge on any atom is 0.254 e. The van der Waals surface area contributed by atoms with Gasteiger partial charge in [-0.1, -0.05) is 42.5 Å². The van der Waals surface area contributed by atoms with E-state index in [1.807, 2.05) is 59.5 Å². The lowest BCUT2D eigenvalue weighted by Gasteiger charge is -2.22. The zero-order chi connectivity index (χ0) is 25.2. The first-order valence-electron chi connectivity index (χ1n) is 12.3. The fourth-order valence-corrected chi connectivity index (χ4v) is 5.00. The Hall–Kier alpha value is -4.50. The summed E-state index contributed by atoms with van der Waals surface area (Å²) in [6, 6.07) is 17.1. The maximum absolute atomic E-state index is 12.9. The number of fused-ring (bicyclic) bond motifs is 3. The lowest BCUT2D eigenvalue weighted by Crippen LogP contribution is -2.27. The number of rotatable bonds is 7. The van der Waals surface area contributed by atoms with Gasteiger partial charge in [0.25, 0.3) is 11.8 Å². The average Bonchev–Trinajstić information content (AvgIpc) is 3.46. The fourth-order valence-electron chi connectivity index (χ4n) is 5.00. The fraction of sp³-hybridized carbons (Fsp3) is 0.214. The van der Waals surface area contributed by atoms with Gasteiger partial charge in [0.15, 0.2) is 0 Å². The summed E-state index contributed by atoms with van der Waals surface area (Å²) in [7, 11) is 0. The van der Waals surface area contributed by atoms with E-state index in [1.165, 1.54) is 6.39 Å². The molecule has 9 heteroatoms. The Labute approximate surface area is 213 Å². The Balaban J connectivity index is 1.31. The average molecular weight is 495 g/mol. The number of anilines is 3. The van der Waals surface area contributed by atoms with Gasteiger partial charge in [-0.05, 0) is 42.2 Å². The Bertz CT molecular complexity index is 1440. The summed E-state index contributed by atoms with van der Waals surface area (Å²) in [5, 5.41) is 24.7. The largest absolute Gasteiger partial charge is 0.423 e. The highest BCUT2D eigenvalue weighted by molar-refractivity contribution is 6.00. The number of carbonyl (C=O) groups excluding carboxylic acids is 1. The van der Waals surface area contributed by atoms with Crippen molar-refractivity contribution in [1.82, 2.24) is 20.1 Å². The van der Waals surface area contributed by atoms with E-state index in [1.54, 1.807) is 6.20 Å². The monoisotopic (exact) mass is 494 g/mol. The number of aliphatic hydroxyl groups is 1. The molecule has 0 bridgehead atoms. The summed E-state index contributed by atoms with van der Waals surface area (Å²) in [4.78, 5) is 19.4. The first-order chi connectivity index (χ1) is 18.2. The van der Waals surface area contributed by atoms with E-state index in [4.69, 9.17) is 4.42 Å². The normalized spacial score (nSPS) is 17.2. The third-order valence-electron chi connectivity index (χ3n) is 6.82. The minimum Gasteiger partial charge on any atom is -0.423 e. The Kier molecular flexibility index (Phi) is 6.11. The molecule has 1 unspecified atom stereocenters. The quantitative estimate of drug-likeness (QED) is 0.312. The summed E-state index contributed by atoms with van der Waals surface area (Å²) in [6.07, 6.45) is 8.93. The van der Waals surface area contributed by atoms with Gasteiger partial charge in [0.1, 0.15) is 5.82 Å². The second-order valence-electron chi connectivity index (χ2n) is 9.09. The number of aromatic nitrogens is 3. The van der Waals surface area contributed by atoms with Crippen LogP contribution in [-0.2, 0) is 0 Å². The molecule has 3 N–H and O–H groups in total. The molecule has 0 fully saturated rings. The van der Waals surface area contributed by atoms with Crippen LogP contribution in [0.15, 0.2) is 83.8 Å². The van der Waals surface area contributed by atoms with Crippen molar-refractivity contribution in [3.05, 3.63) is 96.0 Å². The summed E-state index contributed by atoms with van der Waals surface area (Å²) in [5.41, 5.74) is 4.89. The summed E-state index contributed by atoms with van der Waals surface area (Å²) < 4.78 is 5.43. The number of pyridine rings is 1. The Morgan fingerprint density at radius 2 is 2.00 bits per heavy atom. The first-order valence-corrected chi connectivity index (χ1v) is 12.3. The molecule has 4 heterocycles. The Morgan fingerprint density at radius 1 is 1.11 bits per heavy atom. The van der Waals surface area contributed by atoms with E-state index < -0.39 is 0 Å². The molecule has 0 saturated heterocycles. The maximum atomic E-state index is 12.9. The number of hydrogen-bond acceptors (Lipinski definition) is 8. The van der Waals surface area contributed by atoms with Crippen molar-refractivity contribution in [3.8, 4) is 11.5 Å². The van der Waals surface area contributed by atoms with Crippen molar-refractivity contribution < 1.29 is 14.3 Å². The molecule has 9 nitrogen and oxygen atoms in total. The van der Waals surface area contributed by atoms with E-state index in [0.29, 0.717) is 23.0 Å². The first kappa shape index (κ1) is 22.9. The van der Waals surface area contributed by atoms with Crippen LogP contribution in [0.3, 0.4) is 0 Å². The van der Waals surface area contributed by atoms with E-state index in [2.05, 4.69) is 38.0 Å². The number of carbonyl (C=O) groups is 1. The number of amides is 1. The van der Waals surface area contributed by atoms with Crippen LogP contribution in [0, 0.1) is 0 Å². The van der Waals surface area contributed by atoms with Crippen molar-refractivity contribution >= 4 is 23.1 Å². The molecule has 0 spiro atoms. The molecular weight excluding hydrogens is 468 g/mol. The SMILES string of the molecule is O=C1c2ccc(Nc3cc(N[C@H](CO)c4ccccc4)c(-c4nnco4)cn3)cc2C2CC=CCCN12. The smallest absolute Gasteiger partial charge is 0.254 e. The van der Waals surface area contributed by atoms with E-state index in [0.717, 1.165) is 41.8 Å². The van der Waals surface area contributed by atoms with Gasteiger partial charge in [-0.2, -0.15) is 0 Å². The third-order valence-corrected chi connectivity index (χ3v) is 6.82. The molecule has 37 heavy (non-hydrogen) atoms. The van der Waals surface area contributed by atoms with Crippen molar-refractivity contribution in [2.24, 2.45) is 0 Å². The molecular formula is C28H26N6O3. The molecule has 2 aliphatic rings. The van der Waals surface area contributed by atoms with E-state index >= 15 is 0 Å². The zero-order valence-corrected chi connectivity index (χ0v) is 20.0. The van der Waals surface area contributed by atoms with Gasteiger partial charge in [0.05, 0.1) is 29.9 Å². The minimum atomic E-state index is -0.349. The summed E-state index contributed by atoms with van der Waals surface area (Å²) >= 11 is 0. The number of aliphatic hydroxyl groups excluding tert-OH is 1. The van der Waals surface area contributed by atoms with Gasteiger partial charge >= 0.3 is 0 Å². The van der Waals surface area contributed by atoms with Crippen LogP contribution in [0.2, 0.25) is 0 Å². The van der Waals surface area contributed by atoms with Crippen LogP contribution in [0.5, 0.6) is 0 Å². The zero-order valence-electron chi connectivity index (χ0n) is 20.0. The molecule has 0 radical (unpaired) electrons. The molecule has 2 aliphatic heterocycles. The molecule has 6 rings (SSSR count). The lowest BCUT2D eigenvalue weighted by atomic mass is 10.0. The molecule has 0 aliphatic carbocycles. The topological polar surface area (TPSA) is 116 Å². The third kappa shape index (κ3) is 4.45. The van der Waals surface area contributed by atoms with Crippen LogP contribution in [0.25, 0.3) is 11.5 Å². The highest BCUT2D eigenvalue weighted by Gasteiger charge is 2.36. The van der Waals surface area contributed by atoms with Crippen LogP contribution >= 0.6 is 0 Å². The van der Waals surface area contributed by atoms with Crippen LogP contribution in [-0.4, -0.2) is 44.2 Å². The molecule has 2 aromatic heterocycles. The minimum absolute atomic E-state index is 0.0595. The lowest BCUT2D eigenvalue weighted by molar-refractivity contribution is 0.0734. The van der Waals surface area contributed by atoms with Gasteiger partial charge < -0.3 is 25.1 Å². The number of nitrogens with zero attached hydrogens (tertiary/aromatic N) is 4. The van der Waals surface area contributed by atoms with Crippen molar-refractivity contribution in [3.63, 3.8) is 0 Å². The second-order valence-corrected chi connectivity index (χ2v) is 9.09. The summed E-state index contributed by atoms with van der Waals surface area (Å²) in [5.74, 6) is 1.01. The van der Waals surface area contributed by atoms with Gasteiger partial charge in [-0.15, -0.1) is 10.2 Å². The van der Waals surface area contributed by atoms with Crippen molar-refractivity contribution in [2.45, 2.75) is 24.9 Å². The van der Waals surface area contributed by atoms with E-state index in [9.17, 15) is 9.90 Å². The van der Waals surface area contributed by atoms with E-state index in [-0.39, 0.29) is 24.6 Å². The van der Waals surface area contributed by atoms with Gasteiger partial charge in [-0.3, -0.25) is 4.79 Å². The molecule has 186 valence electrons. The highest BCUT2D eigenvalue weighted by Crippen LogP contribution is 2.39. The standard InChI is InChI=1S/C28H26N6O3/c35-16-24(18-7-3-1-4-8-18)32-23-14-26(29-15-22(23)27-33-30-17-37-27)31-19-10-11-20-21(13-19)25-9-5-2-6-12-34(25)28(20)36/h1-5,7-8,10-11,13-15,17,24-25,35H,6,9,12,16H2,(H2,29,31,32)/t24-,25?/m1/s1. The van der Waals surface area contributed by atoms with Crippen LogP contribution in [0.4, 0.5) is 17.2 Å². The van der Waals surface area contributed by atoms with Crippen LogP contribution < -0.4 is 10.6 Å². The van der Waals surface area contributed by atoms with Gasteiger partial charge in [-0.25, -0.2) is 4.98 Å². The van der Waals surface area contributed by atoms with Gasteiger partial charge in [0.2, 0.25) is 6.39 Å². The Morgan fingerprint density at radius 3 is 2.81 bits per heavy atom. The van der Waals surface area contributed by atoms with Crippen molar-refractivity contribution in [1.29, 1.82) is 0 Å². The predicted molar refractivity (Wildman–Crippen MR) is 139 cm³/mol. The highest BCUT2D eigenvalue weighted by atomic mass is 16.4. The number of nitrogens with one attached hydrogen (secondary N) is 2. The number of benzene rings is 2. The number of hydrogen-bond donors (Lipinski definition) is 3. The van der Waals surface area contributed by atoms with Gasteiger partial charge in [0, 0.05) is 30.1 Å². The molecule has 2 atom stereocenters. The van der Waals surface area contributed by atoms with Crippen LogP contribution in [0.1, 0.15) is 46.4 Å². The molecule has 4 aromatic rings. The second kappa shape index (κ2) is 9.87. The van der Waals surface area contributed by atoms with Crippen molar-refractivity contribution in [2.75, 3.05) is 23.8 Å². The molecule has 1 amide bonds. The molecule has 0 saturated carbocycles. The summed E-state index contributed by atoms with van der Waals surface area (Å²) in [6.45, 7) is 0.627. The predicted octanol–water partition coefficient (Wildman–Crippen LogP) is 4.87. The molecule has 2 aromatic carbocycles.